The zero-order chi connectivity index (χ0) is 19.2. The molecule has 0 fully saturated rings. The topological polar surface area (TPSA) is 82.9 Å². The number of halogens is 1. The summed E-state index contributed by atoms with van der Waals surface area (Å²) in [6.45, 7) is 11.5. The fraction of sp³-hybridized carbons (Fsp3) is 0.550. The number of hydrogen-bond donors (Lipinski definition) is 3. The highest BCUT2D eigenvalue weighted by molar-refractivity contribution is 14.0. The molecule has 0 aliphatic carbocycles. The van der Waals surface area contributed by atoms with E-state index in [9.17, 15) is 5.11 Å². The van der Waals surface area contributed by atoms with E-state index in [2.05, 4.69) is 29.5 Å². The molecule has 27 heavy (non-hydrogen) atoms. The highest BCUT2D eigenvalue weighted by atomic mass is 127. The Bertz CT molecular complexity index is 706. The smallest absolute Gasteiger partial charge is 0.191 e. The predicted octanol–water partition coefficient (Wildman–Crippen LogP) is 3.75. The number of furan rings is 2. The molecule has 0 saturated carbocycles. The summed E-state index contributed by atoms with van der Waals surface area (Å²) in [5, 5.41) is 17.5. The minimum Gasteiger partial charge on any atom is -0.469 e. The minimum absolute atomic E-state index is 0. The highest BCUT2D eigenvalue weighted by Gasteiger charge is 2.27. The first kappa shape index (κ1) is 23.6. The van der Waals surface area contributed by atoms with E-state index in [-0.39, 0.29) is 30.5 Å². The first-order chi connectivity index (χ1) is 12.3. The van der Waals surface area contributed by atoms with Gasteiger partial charge in [-0.3, -0.25) is 0 Å². The fourth-order valence-corrected chi connectivity index (χ4v) is 2.72. The molecule has 1 unspecified atom stereocenters. The number of nitrogens with zero attached hydrogens (tertiary/aromatic N) is 1. The molecule has 0 aromatic carbocycles. The van der Waals surface area contributed by atoms with Gasteiger partial charge in [0.2, 0.25) is 0 Å². The Morgan fingerprint density at radius 3 is 2.59 bits per heavy atom. The number of aryl methyl sites for hydroxylation is 2. The number of nitrogens with one attached hydrogen (secondary N) is 2. The summed E-state index contributed by atoms with van der Waals surface area (Å²) in [5.41, 5.74) is -0.312. The zero-order valence-electron chi connectivity index (χ0n) is 16.8. The summed E-state index contributed by atoms with van der Waals surface area (Å²) < 4.78 is 10.9. The molecule has 7 heteroatoms. The minimum atomic E-state index is -1.09. The number of aliphatic imine (C=N–C) groups is 1. The van der Waals surface area contributed by atoms with Gasteiger partial charge in [0.1, 0.15) is 22.9 Å². The van der Waals surface area contributed by atoms with Crippen molar-refractivity contribution in [2.75, 3.05) is 19.6 Å². The van der Waals surface area contributed by atoms with Crippen LogP contribution in [0.3, 0.4) is 0 Å². The van der Waals surface area contributed by atoms with Gasteiger partial charge in [-0.05, 0) is 44.9 Å². The molecule has 2 aromatic rings. The van der Waals surface area contributed by atoms with Crippen molar-refractivity contribution < 1.29 is 13.9 Å². The molecule has 2 heterocycles. The molecule has 0 amide bonds. The molecular formula is C20H32IN3O3. The van der Waals surface area contributed by atoms with Gasteiger partial charge in [0.05, 0.1) is 12.8 Å². The zero-order valence-corrected chi connectivity index (χ0v) is 19.2. The van der Waals surface area contributed by atoms with Crippen molar-refractivity contribution in [1.29, 1.82) is 0 Å². The normalized spacial score (nSPS) is 14.0. The largest absolute Gasteiger partial charge is 0.469 e. The lowest BCUT2D eigenvalue weighted by molar-refractivity contribution is 0.0657. The van der Waals surface area contributed by atoms with Crippen LogP contribution in [0.4, 0.5) is 0 Å². The van der Waals surface area contributed by atoms with Crippen LogP contribution in [0.25, 0.3) is 0 Å². The molecule has 3 N–H and O–H groups in total. The third-order valence-corrected chi connectivity index (χ3v) is 4.09. The van der Waals surface area contributed by atoms with Crippen LogP contribution in [-0.4, -0.2) is 30.7 Å². The molecule has 0 bridgehead atoms. The van der Waals surface area contributed by atoms with E-state index in [1.54, 1.807) is 13.2 Å². The summed E-state index contributed by atoms with van der Waals surface area (Å²) in [6.07, 6.45) is 2.44. The third-order valence-electron chi connectivity index (χ3n) is 4.09. The first-order valence-electron chi connectivity index (χ1n) is 9.12. The number of guanidine groups is 1. The lowest BCUT2D eigenvalue weighted by Gasteiger charge is -2.22. The van der Waals surface area contributed by atoms with Gasteiger partial charge < -0.3 is 24.6 Å². The van der Waals surface area contributed by atoms with E-state index < -0.39 is 5.60 Å². The van der Waals surface area contributed by atoms with E-state index >= 15 is 0 Å². The van der Waals surface area contributed by atoms with Crippen molar-refractivity contribution >= 4 is 29.9 Å². The van der Waals surface area contributed by atoms with Crippen molar-refractivity contribution in [3.05, 3.63) is 47.3 Å². The van der Waals surface area contributed by atoms with Crippen LogP contribution in [0.2, 0.25) is 0 Å². The van der Waals surface area contributed by atoms with Crippen LogP contribution in [-0.2, 0) is 12.0 Å². The Balaban J connectivity index is 0.00000364. The standard InChI is InChI=1S/C20H31N3O3.HI/c1-14(2)12-22-19(21-9-8-17-7-6-10-25-17)23-13-20(5,24)18-11-15(3)26-16(18)4;/h6-7,10-11,14,24H,8-9,12-13H2,1-5H3,(H2,21,22,23);1H. The summed E-state index contributed by atoms with van der Waals surface area (Å²) in [6, 6.07) is 5.71. The average molecular weight is 489 g/mol. The Morgan fingerprint density at radius 2 is 2.04 bits per heavy atom. The molecule has 0 aliphatic rings. The lowest BCUT2D eigenvalue weighted by atomic mass is 9.96. The van der Waals surface area contributed by atoms with Crippen LogP contribution < -0.4 is 10.6 Å². The molecule has 152 valence electrons. The summed E-state index contributed by atoms with van der Waals surface area (Å²) >= 11 is 0. The van der Waals surface area contributed by atoms with E-state index in [1.807, 2.05) is 32.0 Å². The number of rotatable bonds is 8. The summed E-state index contributed by atoms with van der Waals surface area (Å²) in [5.74, 6) is 3.62. The van der Waals surface area contributed by atoms with E-state index in [4.69, 9.17) is 8.83 Å². The van der Waals surface area contributed by atoms with Crippen molar-refractivity contribution in [2.24, 2.45) is 10.9 Å². The molecule has 2 rings (SSSR count). The van der Waals surface area contributed by atoms with E-state index in [1.165, 1.54) is 0 Å². The maximum Gasteiger partial charge on any atom is 0.191 e. The molecule has 0 aliphatic heterocycles. The maximum absolute atomic E-state index is 10.8. The predicted molar refractivity (Wildman–Crippen MR) is 119 cm³/mol. The van der Waals surface area contributed by atoms with Crippen LogP contribution in [0.1, 0.15) is 43.6 Å². The molecule has 0 radical (unpaired) electrons. The molecule has 2 aromatic heterocycles. The van der Waals surface area contributed by atoms with Crippen LogP contribution in [0.15, 0.2) is 38.3 Å². The van der Waals surface area contributed by atoms with Crippen molar-refractivity contribution in [2.45, 2.75) is 46.6 Å². The molecule has 0 saturated heterocycles. The molecule has 6 nitrogen and oxygen atoms in total. The highest BCUT2D eigenvalue weighted by Crippen LogP contribution is 2.27. The Hall–Kier alpha value is -1.48. The second-order valence-electron chi connectivity index (χ2n) is 7.30. The van der Waals surface area contributed by atoms with Crippen LogP contribution in [0, 0.1) is 19.8 Å². The van der Waals surface area contributed by atoms with E-state index in [0.29, 0.717) is 18.4 Å². The number of hydrogen-bond acceptors (Lipinski definition) is 4. The second-order valence-corrected chi connectivity index (χ2v) is 7.30. The maximum atomic E-state index is 10.8. The Kier molecular flexibility index (Phi) is 9.38. The quantitative estimate of drug-likeness (QED) is 0.299. The lowest BCUT2D eigenvalue weighted by Crippen LogP contribution is -2.41. The SMILES string of the molecule is Cc1cc(C(C)(O)CN=C(NCCc2ccco2)NCC(C)C)c(C)o1.I. The first-order valence-corrected chi connectivity index (χ1v) is 9.12. The Morgan fingerprint density at radius 1 is 1.30 bits per heavy atom. The average Bonchev–Trinajstić information content (AvgIpc) is 3.19. The molecule has 0 spiro atoms. The van der Waals surface area contributed by atoms with Gasteiger partial charge in [-0.25, -0.2) is 4.99 Å². The third kappa shape index (κ3) is 7.57. The van der Waals surface area contributed by atoms with Crippen LogP contribution in [0.5, 0.6) is 0 Å². The van der Waals surface area contributed by atoms with Crippen molar-refractivity contribution in [3.63, 3.8) is 0 Å². The van der Waals surface area contributed by atoms with Gasteiger partial charge >= 0.3 is 0 Å². The summed E-state index contributed by atoms with van der Waals surface area (Å²) in [7, 11) is 0. The van der Waals surface area contributed by atoms with Gasteiger partial charge in [-0.2, -0.15) is 0 Å². The second kappa shape index (κ2) is 10.8. The van der Waals surface area contributed by atoms with E-state index in [0.717, 1.165) is 35.8 Å². The summed E-state index contributed by atoms with van der Waals surface area (Å²) in [4.78, 5) is 4.59. The van der Waals surface area contributed by atoms with Crippen LogP contribution >= 0.6 is 24.0 Å². The molecule has 1 atom stereocenters. The monoisotopic (exact) mass is 489 g/mol. The van der Waals surface area contributed by atoms with Crippen molar-refractivity contribution in [1.82, 2.24) is 10.6 Å². The van der Waals surface area contributed by atoms with Gasteiger partial charge in [0, 0.05) is 25.1 Å². The van der Waals surface area contributed by atoms with Crippen molar-refractivity contribution in [3.8, 4) is 0 Å². The Labute approximate surface area is 178 Å². The fourth-order valence-electron chi connectivity index (χ4n) is 2.72. The van der Waals surface area contributed by atoms with Gasteiger partial charge in [0.15, 0.2) is 5.96 Å². The number of aliphatic hydroxyl groups is 1. The van der Waals surface area contributed by atoms with Gasteiger partial charge in [-0.1, -0.05) is 13.8 Å². The van der Waals surface area contributed by atoms with Gasteiger partial charge in [-0.15, -0.1) is 24.0 Å². The van der Waals surface area contributed by atoms with Gasteiger partial charge in [0.25, 0.3) is 0 Å². The molecular weight excluding hydrogens is 457 g/mol.